The minimum atomic E-state index is -3.40. The van der Waals surface area contributed by atoms with Gasteiger partial charge in [-0.25, -0.2) is 13.4 Å². The van der Waals surface area contributed by atoms with E-state index < -0.39 is 10.0 Å². The number of amides is 1. The first-order chi connectivity index (χ1) is 18.2. The van der Waals surface area contributed by atoms with Crippen LogP contribution in [0.5, 0.6) is 0 Å². The molecule has 2 aromatic carbocycles. The smallest absolute Gasteiger partial charge is 0.253 e. The molecule has 0 spiro atoms. The van der Waals surface area contributed by atoms with Crippen LogP contribution in [0.4, 0.5) is 17.3 Å². The standard InChI is InChI=1S/C27H31N7O3S/c1-19-17-34(15-13-28-19)26(35)20-8-10-23(11-9-20)30-27-29-16-21-12-14-33(25(21)31-27)18-22-6-4-5-7-24(22)32(2)38(3,36)37/h4-12,14,16,19,28H,13,15,17-18H2,1-3H3,(H,29,30,31)/t19-/m0/s1. The van der Waals surface area contributed by atoms with Gasteiger partial charge in [0.05, 0.1) is 18.5 Å². The van der Waals surface area contributed by atoms with Gasteiger partial charge in [-0.3, -0.25) is 9.10 Å². The summed E-state index contributed by atoms with van der Waals surface area (Å²) in [6.45, 7) is 4.71. The Labute approximate surface area is 222 Å². The average Bonchev–Trinajstić information content (AvgIpc) is 3.30. The molecule has 198 valence electrons. The summed E-state index contributed by atoms with van der Waals surface area (Å²) < 4.78 is 27.5. The van der Waals surface area contributed by atoms with Crippen molar-refractivity contribution >= 4 is 44.3 Å². The van der Waals surface area contributed by atoms with E-state index in [4.69, 9.17) is 4.98 Å². The highest BCUT2D eigenvalue weighted by Gasteiger charge is 2.21. The number of hydrogen-bond donors (Lipinski definition) is 2. The zero-order valence-corrected chi connectivity index (χ0v) is 22.4. The molecule has 4 aromatic rings. The number of sulfonamides is 1. The molecule has 1 atom stereocenters. The third-order valence-corrected chi connectivity index (χ3v) is 7.91. The van der Waals surface area contributed by atoms with E-state index in [-0.39, 0.29) is 11.9 Å². The highest BCUT2D eigenvalue weighted by Crippen LogP contribution is 2.25. The Kier molecular flexibility index (Phi) is 7.04. The number of aromatic nitrogens is 3. The summed E-state index contributed by atoms with van der Waals surface area (Å²) in [5, 5.41) is 7.44. The largest absolute Gasteiger partial charge is 0.336 e. The van der Waals surface area contributed by atoms with Gasteiger partial charge in [-0.05, 0) is 48.9 Å². The number of carbonyl (C=O) groups is 1. The van der Waals surface area contributed by atoms with E-state index in [1.807, 2.05) is 64.2 Å². The molecule has 0 radical (unpaired) electrons. The van der Waals surface area contributed by atoms with Crippen molar-refractivity contribution in [1.29, 1.82) is 0 Å². The van der Waals surface area contributed by atoms with Crippen molar-refractivity contribution in [2.75, 3.05) is 42.6 Å². The van der Waals surface area contributed by atoms with Gasteiger partial charge in [0.2, 0.25) is 16.0 Å². The number of fused-ring (bicyclic) bond motifs is 1. The van der Waals surface area contributed by atoms with Crippen molar-refractivity contribution in [2.45, 2.75) is 19.5 Å². The molecule has 11 heteroatoms. The van der Waals surface area contributed by atoms with Crippen molar-refractivity contribution in [3.05, 3.63) is 78.1 Å². The zero-order chi connectivity index (χ0) is 26.9. The second kappa shape index (κ2) is 10.4. The topological polar surface area (TPSA) is 112 Å². The Morgan fingerprint density at radius 3 is 2.66 bits per heavy atom. The van der Waals surface area contributed by atoms with Gasteiger partial charge >= 0.3 is 0 Å². The highest BCUT2D eigenvalue weighted by molar-refractivity contribution is 7.92. The number of anilines is 3. The Bertz CT molecular complexity index is 1570. The number of benzene rings is 2. The maximum Gasteiger partial charge on any atom is 0.253 e. The molecular formula is C27H31N7O3S. The molecule has 1 fully saturated rings. The predicted octanol–water partition coefficient (Wildman–Crippen LogP) is 3.05. The average molecular weight is 534 g/mol. The fourth-order valence-corrected chi connectivity index (χ4v) is 5.13. The summed E-state index contributed by atoms with van der Waals surface area (Å²) in [4.78, 5) is 23.9. The summed E-state index contributed by atoms with van der Waals surface area (Å²) in [6.07, 6.45) is 4.85. The van der Waals surface area contributed by atoms with Gasteiger partial charge < -0.3 is 20.1 Å². The summed E-state index contributed by atoms with van der Waals surface area (Å²) in [5.41, 5.74) is 3.61. The van der Waals surface area contributed by atoms with Crippen LogP contribution in [0, 0.1) is 0 Å². The normalized spacial score (nSPS) is 16.0. The summed E-state index contributed by atoms with van der Waals surface area (Å²) >= 11 is 0. The number of nitrogens with one attached hydrogen (secondary N) is 2. The van der Waals surface area contributed by atoms with E-state index in [0.29, 0.717) is 36.8 Å². The van der Waals surface area contributed by atoms with Gasteiger partial charge in [-0.2, -0.15) is 4.98 Å². The molecule has 0 aliphatic carbocycles. The van der Waals surface area contributed by atoms with Gasteiger partial charge in [0.1, 0.15) is 5.65 Å². The second-order valence-electron chi connectivity index (χ2n) is 9.58. The maximum atomic E-state index is 12.9. The van der Waals surface area contributed by atoms with Crippen LogP contribution in [-0.4, -0.2) is 72.7 Å². The van der Waals surface area contributed by atoms with E-state index >= 15 is 0 Å². The van der Waals surface area contributed by atoms with Crippen LogP contribution in [-0.2, 0) is 16.6 Å². The molecule has 38 heavy (non-hydrogen) atoms. The van der Waals surface area contributed by atoms with Crippen molar-refractivity contribution in [1.82, 2.24) is 24.8 Å². The summed E-state index contributed by atoms with van der Waals surface area (Å²) in [7, 11) is -1.85. The van der Waals surface area contributed by atoms with E-state index in [1.165, 1.54) is 10.6 Å². The van der Waals surface area contributed by atoms with E-state index in [1.54, 1.807) is 19.3 Å². The van der Waals surface area contributed by atoms with Gasteiger partial charge in [0.15, 0.2) is 0 Å². The molecule has 1 aliphatic rings. The SMILES string of the molecule is C[C@H]1CN(C(=O)c2ccc(Nc3ncc4ccn(Cc5ccccc5N(C)S(C)(=O)=O)c4n3)cc2)CCN1. The van der Waals surface area contributed by atoms with Crippen LogP contribution in [0.1, 0.15) is 22.8 Å². The van der Waals surface area contributed by atoms with E-state index in [9.17, 15) is 13.2 Å². The number of carbonyl (C=O) groups excluding carboxylic acids is 1. The number of para-hydroxylation sites is 1. The predicted molar refractivity (Wildman–Crippen MR) is 149 cm³/mol. The highest BCUT2D eigenvalue weighted by atomic mass is 32.2. The first kappa shape index (κ1) is 25.7. The molecule has 2 aromatic heterocycles. The second-order valence-corrected chi connectivity index (χ2v) is 11.6. The Morgan fingerprint density at radius 2 is 1.92 bits per heavy atom. The van der Waals surface area contributed by atoms with Gasteiger partial charge in [-0.15, -0.1) is 0 Å². The lowest BCUT2D eigenvalue weighted by molar-refractivity contribution is 0.0709. The molecular weight excluding hydrogens is 502 g/mol. The van der Waals surface area contributed by atoms with Crippen LogP contribution in [0.15, 0.2) is 67.0 Å². The molecule has 0 saturated carbocycles. The number of piperazine rings is 1. The first-order valence-electron chi connectivity index (χ1n) is 12.4. The van der Waals surface area contributed by atoms with Crippen molar-refractivity contribution in [3.8, 4) is 0 Å². The molecule has 2 N–H and O–H groups in total. The Hall–Kier alpha value is -3.96. The minimum absolute atomic E-state index is 0.0298. The zero-order valence-electron chi connectivity index (χ0n) is 21.6. The number of nitrogens with zero attached hydrogens (tertiary/aromatic N) is 5. The van der Waals surface area contributed by atoms with E-state index in [2.05, 4.69) is 22.5 Å². The third-order valence-electron chi connectivity index (χ3n) is 6.72. The van der Waals surface area contributed by atoms with Crippen molar-refractivity contribution in [3.63, 3.8) is 0 Å². The quantitative estimate of drug-likeness (QED) is 0.376. The van der Waals surface area contributed by atoms with E-state index in [0.717, 1.165) is 28.8 Å². The monoisotopic (exact) mass is 533 g/mol. The summed E-state index contributed by atoms with van der Waals surface area (Å²) in [6, 6.07) is 17.0. The number of hydrogen-bond acceptors (Lipinski definition) is 7. The van der Waals surface area contributed by atoms with Gasteiger partial charge in [-0.1, -0.05) is 18.2 Å². The van der Waals surface area contributed by atoms with Crippen LogP contribution >= 0.6 is 0 Å². The van der Waals surface area contributed by atoms with Crippen LogP contribution in [0.2, 0.25) is 0 Å². The maximum absolute atomic E-state index is 12.9. The minimum Gasteiger partial charge on any atom is -0.336 e. The van der Waals surface area contributed by atoms with Crippen LogP contribution < -0.4 is 14.9 Å². The molecule has 3 heterocycles. The van der Waals surface area contributed by atoms with Gasteiger partial charge in [0.25, 0.3) is 5.91 Å². The third kappa shape index (κ3) is 5.48. The fraction of sp³-hybridized carbons (Fsp3) is 0.296. The summed E-state index contributed by atoms with van der Waals surface area (Å²) in [5.74, 6) is 0.455. The molecule has 0 unspecified atom stereocenters. The molecule has 5 rings (SSSR count). The Balaban J connectivity index is 1.34. The first-order valence-corrected chi connectivity index (χ1v) is 14.3. The lowest BCUT2D eigenvalue weighted by Crippen LogP contribution is -2.51. The molecule has 1 aliphatic heterocycles. The number of rotatable bonds is 7. The lowest BCUT2D eigenvalue weighted by Gasteiger charge is -2.32. The lowest BCUT2D eigenvalue weighted by atomic mass is 10.1. The Morgan fingerprint density at radius 1 is 1.16 bits per heavy atom. The molecule has 1 saturated heterocycles. The van der Waals surface area contributed by atoms with Crippen LogP contribution in [0.25, 0.3) is 11.0 Å². The van der Waals surface area contributed by atoms with Crippen molar-refractivity contribution in [2.24, 2.45) is 0 Å². The fourth-order valence-electron chi connectivity index (χ4n) is 4.60. The van der Waals surface area contributed by atoms with Crippen molar-refractivity contribution < 1.29 is 13.2 Å². The molecule has 1 amide bonds. The molecule has 0 bridgehead atoms. The van der Waals surface area contributed by atoms with Gasteiger partial charge in [0, 0.05) is 61.8 Å². The van der Waals surface area contributed by atoms with Crippen LogP contribution in [0.3, 0.4) is 0 Å². The molecule has 10 nitrogen and oxygen atoms in total.